The predicted octanol–water partition coefficient (Wildman–Crippen LogP) is 3.64. The lowest BCUT2D eigenvalue weighted by molar-refractivity contribution is -0.124. The van der Waals surface area contributed by atoms with Crippen LogP contribution in [0, 0.1) is 10.7 Å². The number of benzene rings is 1. The molecule has 0 bridgehead atoms. The molecule has 0 aliphatic heterocycles. The highest BCUT2D eigenvalue weighted by Crippen LogP contribution is 2.35. The molecule has 30 heavy (non-hydrogen) atoms. The Kier molecular flexibility index (Phi) is 6.45. The highest BCUT2D eigenvalue weighted by atomic mass is 32.1. The Balaban J connectivity index is 1.64. The maximum atomic E-state index is 12.8. The number of H-pyrrole nitrogens is 1. The first-order valence-electron chi connectivity index (χ1n) is 10.4. The molecule has 1 saturated carbocycles. The van der Waals surface area contributed by atoms with E-state index in [1.54, 1.807) is 12.1 Å². The van der Waals surface area contributed by atoms with E-state index in [-0.39, 0.29) is 29.7 Å². The normalized spacial score (nSPS) is 15.1. The van der Waals surface area contributed by atoms with Crippen molar-refractivity contribution in [2.24, 2.45) is 5.92 Å². The van der Waals surface area contributed by atoms with E-state index in [9.17, 15) is 9.59 Å². The molecule has 1 unspecified atom stereocenters. The summed E-state index contributed by atoms with van der Waals surface area (Å²) in [6, 6.07) is 7.26. The maximum Gasteiger partial charge on any atom is 0.251 e. The van der Waals surface area contributed by atoms with Gasteiger partial charge in [-0.3, -0.25) is 19.3 Å². The molecule has 1 atom stereocenters. The van der Waals surface area contributed by atoms with Gasteiger partial charge in [0, 0.05) is 11.6 Å². The average Bonchev–Trinajstić information content (AvgIpc) is 3.45. The highest BCUT2D eigenvalue weighted by Gasteiger charge is 2.29. The molecule has 1 heterocycles. The third kappa shape index (κ3) is 5.16. The van der Waals surface area contributed by atoms with Gasteiger partial charge >= 0.3 is 0 Å². The molecule has 1 aromatic carbocycles. The summed E-state index contributed by atoms with van der Waals surface area (Å²) in [5, 5.41) is 12.8. The van der Waals surface area contributed by atoms with E-state index in [4.69, 9.17) is 12.2 Å². The van der Waals surface area contributed by atoms with Crippen molar-refractivity contribution in [3.05, 3.63) is 46.0 Å². The average molecular weight is 430 g/mol. The van der Waals surface area contributed by atoms with E-state index in [0.29, 0.717) is 22.2 Å². The number of rotatable bonds is 7. The van der Waals surface area contributed by atoms with Gasteiger partial charge in [0.05, 0.1) is 6.54 Å². The fourth-order valence-corrected chi connectivity index (χ4v) is 3.63. The van der Waals surface area contributed by atoms with Gasteiger partial charge in [0.1, 0.15) is 6.04 Å². The molecule has 0 radical (unpaired) electrons. The van der Waals surface area contributed by atoms with Crippen LogP contribution in [0.4, 0.5) is 0 Å². The van der Waals surface area contributed by atoms with Crippen LogP contribution in [0.1, 0.15) is 75.2 Å². The van der Waals surface area contributed by atoms with Gasteiger partial charge < -0.3 is 10.6 Å². The molecule has 0 spiro atoms. The predicted molar refractivity (Wildman–Crippen MR) is 119 cm³/mol. The summed E-state index contributed by atoms with van der Waals surface area (Å²) in [7, 11) is 0. The third-order valence-corrected chi connectivity index (χ3v) is 5.65. The monoisotopic (exact) mass is 429 g/mol. The van der Waals surface area contributed by atoms with Gasteiger partial charge in [-0.2, -0.15) is 5.10 Å². The molecule has 3 N–H and O–H groups in total. The first-order chi connectivity index (χ1) is 14.1. The molecule has 162 valence electrons. The molecule has 2 aromatic rings. The molecule has 2 amide bonds. The fraction of sp³-hybridized carbons (Fsp3) is 0.545. The summed E-state index contributed by atoms with van der Waals surface area (Å²) in [5.41, 5.74) is 1.71. The summed E-state index contributed by atoms with van der Waals surface area (Å²) < 4.78 is 2.55. The number of nitrogens with zero attached hydrogens (tertiary/aromatic N) is 2. The lowest BCUT2D eigenvalue weighted by atomic mass is 9.86. The molecule has 8 heteroatoms. The van der Waals surface area contributed by atoms with Crippen LogP contribution in [0.15, 0.2) is 24.3 Å². The Morgan fingerprint density at radius 3 is 2.40 bits per heavy atom. The number of hydrogen-bond acceptors (Lipinski definition) is 4. The molecule has 1 fully saturated rings. The minimum absolute atomic E-state index is 0.0177. The van der Waals surface area contributed by atoms with E-state index < -0.39 is 6.04 Å². The molecular weight excluding hydrogens is 398 g/mol. The van der Waals surface area contributed by atoms with Crippen LogP contribution in [0.25, 0.3) is 0 Å². The highest BCUT2D eigenvalue weighted by molar-refractivity contribution is 7.71. The van der Waals surface area contributed by atoms with Crippen LogP contribution < -0.4 is 10.6 Å². The van der Waals surface area contributed by atoms with Crippen LogP contribution in [-0.2, 0) is 16.8 Å². The third-order valence-electron chi connectivity index (χ3n) is 5.36. The maximum absolute atomic E-state index is 12.8. The summed E-state index contributed by atoms with van der Waals surface area (Å²) >= 11 is 5.28. The SMILES string of the molecule is CC(C)C(NC(=O)c1ccc(C(C)(C)C)cc1)C(=O)NCc1n[nH]c(=S)n1C1CC1. The minimum atomic E-state index is -0.643. The molecule has 1 aliphatic carbocycles. The van der Waals surface area contributed by atoms with Crippen LogP contribution in [-0.4, -0.2) is 32.6 Å². The summed E-state index contributed by atoms with van der Waals surface area (Å²) in [4.78, 5) is 25.5. The molecular formula is C22H31N5O2S. The van der Waals surface area contributed by atoms with Gasteiger partial charge in [0.2, 0.25) is 5.91 Å². The fourth-order valence-electron chi connectivity index (χ4n) is 3.33. The zero-order valence-electron chi connectivity index (χ0n) is 18.3. The Labute approximate surface area is 182 Å². The molecule has 1 aliphatic rings. The van der Waals surface area contributed by atoms with Crippen molar-refractivity contribution in [3.63, 3.8) is 0 Å². The molecule has 0 saturated heterocycles. The van der Waals surface area contributed by atoms with Crippen molar-refractivity contribution in [2.45, 2.75) is 71.5 Å². The zero-order valence-corrected chi connectivity index (χ0v) is 19.1. The van der Waals surface area contributed by atoms with Crippen LogP contribution in [0.2, 0.25) is 0 Å². The lowest BCUT2D eigenvalue weighted by Gasteiger charge is -2.22. The van der Waals surface area contributed by atoms with E-state index in [1.807, 2.05) is 30.5 Å². The minimum Gasteiger partial charge on any atom is -0.347 e. The topological polar surface area (TPSA) is 91.8 Å². The van der Waals surface area contributed by atoms with Crippen molar-refractivity contribution in [1.29, 1.82) is 0 Å². The Morgan fingerprint density at radius 1 is 1.23 bits per heavy atom. The van der Waals surface area contributed by atoms with Crippen LogP contribution in [0.3, 0.4) is 0 Å². The van der Waals surface area contributed by atoms with Gasteiger partial charge in [0.15, 0.2) is 10.6 Å². The second-order valence-electron chi connectivity index (χ2n) is 9.29. The van der Waals surface area contributed by atoms with Crippen LogP contribution in [0.5, 0.6) is 0 Å². The van der Waals surface area contributed by atoms with Crippen molar-refractivity contribution < 1.29 is 9.59 Å². The second kappa shape index (κ2) is 8.71. The zero-order chi connectivity index (χ0) is 22.1. The quantitative estimate of drug-likeness (QED) is 0.586. The van der Waals surface area contributed by atoms with E-state index >= 15 is 0 Å². The van der Waals surface area contributed by atoms with Gasteiger partial charge in [0.25, 0.3) is 5.91 Å². The van der Waals surface area contributed by atoms with E-state index in [0.717, 1.165) is 18.4 Å². The number of carbonyl (C=O) groups is 2. The second-order valence-corrected chi connectivity index (χ2v) is 9.67. The Hall–Kier alpha value is -2.48. The van der Waals surface area contributed by atoms with Crippen molar-refractivity contribution in [1.82, 2.24) is 25.4 Å². The number of aromatic amines is 1. The van der Waals surface area contributed by atoms with E-state index in [2.05, 4.69) is 41.6 Å². The first kappa shape index (κ1) is 22.2. The number of aromatic nitrogens is 3. The number of amides is 2. The molecule has 1 aromatic heterocycles. The van der Waals surface area contributed by atoms with Crippen molar-refractivity contribution in [3.8, 4) is 0 Å². The Morgan fingerprint density at radius 2 is 1.87 bits per heavy atom. The first-order valence-corrected chi connectivity index (χ1v) is 10.8. The van der Waals surface area contributed by atoms with Gasteiger partial charge in [-0.05, 0) is 54.1 Å². The number of nitrogens with one attached hydrogen (secondary N) is 3. The number of hydrogen-bond donors (Lipinski definition) is 3. The molecule has 3 rings (SSSR count). The van der Waals surface area contributed by atoms with Gasteiger partial charge in [-0.1, -0.05) is 46.8 Å². The van der Waals surface area contributed by atoms with Crippen molar-refractivity contribution >= 4 is 24.0 Å². The lowest BCUT2D eigenvalue weighted by Crippen LogP contribution is -2.49. The van der Waals surface area contributed by atoms with E-state index in [1.165, 1.54) is 0 Å². The summed E-state index contributed by atoms with van der Waals surface area (Å²) in [6.07, 6.45) is 2.15. The smallest absolute Gasteiger partial charge is 0.251 e. The van der Waals surface area contributed by atoms with Gasteiger partial charge in [-0.15, -0.1) is 0 Å². The van der Waals surface area contributed by atoms with Gasteiger partial charge in [-0.25, -0.2) is 0 Å². The standard InChI is InChI=1S/C22H31N5O2S/c1-13(2)18(24-19(28)14-6-8-15(9-7-14)22(3,4)5)20(29)23-12-17-25-26-21(30)27(17)16-10-11-16/h6-9,13,16,18H,10-12H2,1-5H3,(H,23,29)(H,24,28)(H,26,30). The largest absolute Gasteiger partial charge is 0.347 e. The summed E-state index contributed by atoms with van der Waals surface area (Å²) in [5.74, 6) is 0.153. The summed E-state index contributed by atoms with van der Waals surface area (Å²) in [6.45, 7) is 10.5. The Bertz CT molecular complexity index is 965. The number of carbonyl (C=O) groups excluding carboxylic acids is 2. The molecule has 7 nitrogen and oxygen atoms in total. The van der Waals surface area contributed by atoms with Crippen LogP contribution >= 0.6 is 12.2 Å². The van der Waals surface area contributed by atoms with Crippen molar-refractivity contribution in [2.75, 3.05) is 0 Å².